The van der Waals surface area contributed by atoms with Gasteiger partial charge in [0, 0.05) is 32.4 Å². The van der Waals surface area contributed by atoms with Gasteiger partial charge in [-0.15, -0.1) is 0 Å². The molecule has 2 amide bonds. The summed E-state index contributed by atoms with van der Waals surface area (Å²) in [6.45, 7) is 4.53. The van der Waals surface area contributed by atoms with Crippen molar-refractivity contribution in [2.24, 2.45) is 7.05 Å². The standard InChI is InChI=1S/C24H32F2N4O4/c1-23(2,3)34-22(33)30-11-10-18(24(25,26)14-30)15-8-9-16-19(13-15)29(5)28-20(16)17(7-6-12-31)21(32)27-4/h8-9,12-13,17-18H,6-7,10-11,14H2,1-5H3,(H,27,32). The minimum atomic E-state index is -3.14. The van der Waals surface area contributed by atoms with E-state index in [-0.39, 0.29) is 25.3 Å². The molecule has 1 aliphatic heterocycles. The number of hydrogen-bond acceptors (Lipinski definition) is 5. The van der Waals surface area contributed by atoms with Crippen molar-refractivity contribution < 1.29 is 27.9 Å². The largest absolute Gasteiger partial charge is 0.444 e. The van der Waals surface area contributed by atoms with E-state index in [1.54, 1.807) is 50.7 Å². The number of benzene rings is 1. The maximum Gasteiger partial charge on any atom is 0.410 e. The van der Waals surface area contributed by atoms with E-state index in [4.69, 9.17) is 4.74 Å². The van der Waals surface area contributed by atoms with Crippen molar-refractivity contribution in [1.29, 1.82) is 0 Å². The first-order chi connectivity index (χ1) is 15.9. The van der Waals surface area contributed by atoms with Crippen molar-refractivity contribution >= 4 is 29.2 Å². The number of nitrogens with zero attached hydrogens (tertiary/aromatic N) is 3. The zero-order chi connectivity index (χ0) is 25.3. The molecule has 0 spiro atoms. The molecule has 1 N–H and O–H groups in total. The van der Waals surface area contributed by atoms with Crippen LogP contribution in [-0.4, -0.2) is 64.6 Å². The number of hydrogen-bond donors (Lipinski definition) is 1. The summed E-state index contributed by atoms with van der Waals surface area (Å²) in [6, 6.07) is 5.02. The second-order valence-electron chi connectivity index (χ2n) is 9.70. The van der Waals surface area contributed by atoms with Gasteiger partial charge in [-0.1, -0.05) is 12.1 Å². The Morgan fingerprint density at radius 2 is 2.06 bits per heavy atom. The minimum absolute atomic E-state index is 0.0860. The fourth-order valence-corrected chi connectivity index (χ4v) is 4.41. The van der Waals surface area contributed by atoms with Crippen molar-refractivity contribution in [3.8, 4) is 0 Å². The van der Waals surface area contributed by atoms with Crippen LogP contribution in [0.5, 0.6) is 0 Å². The molecule has 8 nitrogen and oxygen atoms in total. The highest BCUT2D eigenvalue weighted by atomic mass is 19.3. The van der Waals surface area contributed by atoms with Gasteiger partial charge in [0.05, 0.1) is 29.6 Å². The first-order valence-electron chi connectivity index (χ1n) is 11.4. The molecule has 0 aliphatic carbocycles. The normalized spacial score (nSPS) is 19.0. The van der Waals surface area contributed by atoms with Gasteiger partial charge in [0.15, 0.2) is 0 Å². The van der Waals surface area contributed by atoms with Gasteiger partial charge in [-0.25, -0.2) is 13.6 Å². The number of aryl methyl sites for hydroxylation is 1. The second-order valence-corrected chi connectivity index (χ2v) is 9.70. The Bertz CT molecular complexity index is 1080. The van der Waals surface area contributed by atoms with E-state index in [0.717, 1.165) is 11.2 Å². The molecule has 3 rings (SSSR count). The number of rotatable bonds is 6. The minimum Gasteiger partial charge on any atom is -0.444 e. The van der Waals surface area contributed by atoms with E-state index in [2.05, 4.69) is 10.4 Å². The summed E-state index contributed by atoms with van der Waals surface area (Å²) in [5.41, 5.74) is 0.818. The number of fused-ring (bicyclic) bond motifs is 1. The molecule has 2 atom stereocenters. The number of carbonyl (C=O) groups is 3. The molecule has 1 aromatic heterocycles. The summed E-state index contributed by atoms with van der Waals surface area (Å²) in [7, 11) is 3.21. The third-order valence-electron chi connectivity index (χ3n) is 6.02. The van der Waals surface area contributed by atoms with Crippen LogP contribution >= 0.6 is 0 Å². The van der Waals surface area contributed by atoms with Crippen LogP contribution in [-0.2, 0) is 21.4 Å². The summed E-state index contributed by atoms with van der Waals surface area (Å²) >= 11 is 0. The maximum absolute atomic E-state index is 15.2. The van der Waals surface area contributed by atoms with Crippen LogP contribution in [0, 0.1) is 0 Å². The van der Waals surface area contributed by atoms with Crippen LogP contribution in [0.4, 0.5) is 13.6 Å². The van der Waals surface area contributed by atoms with Crippen LogP contribution in [0.2, 0.25) is 0 Å². The molecule has 0 bridgehead atoms. The molecule has 2 unspecified atom stereocenters. The fourth-order valence-electron chi connectivity index (χ4n) is 4.41. The number of halogens is 2. The number of likely N-dealkylation sites (N-methyl/N-ethyl adjacent to an activating group) is 1. The molecule has 1 fully saturated rings. The average Bonchev–Trinajstić information content (AvgIpc) is 3.07. The summed E-state index contributed by atoms with van der Waals surface area (Å²) in [5.74, 6) is -5.09. The van der Waals surface area contributed by atoms with Crippen molar-refractivity contribution in [3.05, 3.63) is 29.5 Å². The first-order valence-corrected chi connectivity index (χ1v) is 11.4. The molecule has 0 saturated carbocycles. The third-order valence-corrected chi connectivity index (χ3v) is 6.02. The number of alkyl halides is 2. The van der Waals surface area contributed by atoms with Gasteiger partial charge >= 0.3 is 6.09 Å². The highest BCUT2D eigenvalue weighted by molar-refractivity contribution is 5.91. The Hall–Kier alpha value is -3.04. The van der Waals surface area contributed by atoms with Crippen molar-refractivity contribution in [3.63, 3.8) is 0 Å². The predicted molar refractivity (Wildman–Crippen MR) is 123 cm³/mol. The van der Waals surface area contributed by atoms with Crippen molar-refractivity contribution in [2.75, 3.05) is 20.1 Å². The molecule has 1 aromatic carbocycles. The monoisotopic (exact) mass is 478 g/mol. The van der Waals surface area contributed by atoms with Crippen LogP contribution in [0.1, 0.15) is 63.1 Å². The van der Waals surface area contributed by atoms with Crippen molar-refractivity contribution in [1.82, 2.24) is 20.0 Å². The summed E-state index contributed by atoms with van der Waals surface area (Å²) in [6.07, 6.45) is 0.607. The van der Waals surface area contributed by atoms with Gasteiger partial charge in [-0.05, 0) is 45.2 Å². The van der Waals surface area contributed by atoms with E-state index in [9.17, 15) is 14.4 Å². The number of carbonyl (C=O) groups excluding carboxylic acids is 3. The smallest absolute Gasteiger partial charge is 0.410 e. The summed E-state index contributed by atoms with van der Waals surface area (Å²) in [4.78, 5) is 36.6. The number of aldehydes is 1. The molecule has 0 radical (unpaired) electrons. The lowest BCUT2D eigenvalue weighted by Crippen LogP contribution is -2.50. The Kier molecular flexibility index (Phi) is 7.28. The van der Waals surface area contributed by atoms with Gasteiger partial charge in [-0.2, -0.15) is 5.10 Å². The number of amides is 2. The van der Waals surface area contributed by atoms with Gasteiger partial charge in [0.2, 0.25) is 5.91 Å². The predicted octanol–water partition coefficient (Wildman–Crippen LogP) is 3.74. The second kappa shape index (κ2) is 9.68. The average molecular weight is 479 g/mol. The summed E-state index contributed by atoms with van der Waals surface area (Å²) in [5, 5.41) is 7.77. The van der Waals surface area contributed by atoms with Crippen molar-refractivity contribution in [2.45, 2.75) is 63.4 Å². The maximum atomic E-state index is 15.2. The van der Waals surface area contributed by atoms with Crippen LogP contribution < -0.4 is 5.32 Å². The Labute approximate surface area is 197 Å². The lowest BCUT2D eigenvalue weighted by atomic mass is 9.85. The lowest BCUT2D eigenvalue weighted by Gasteiger charge is -2.39. The molecule has 34 heavy (non-hydrogen) atoms. The van der Waals surface area contributed by atoms with E-state index >= 15 is 8.78 Å². The van der Waals surface area contributed by atoms with Gasteiger partial charge in [0.25, 0.3) is 5.92 Å². The highest BCUT2D eigenvalue weighted by Gasteiger charge is 2.47. The summed E-state index contributed by atoms with van der Waals surface area (Å²) < 4.78 is 37.2. The third kappa shape index (κ3) is 5.37. The highest BCUT2D eigenvalue weighted by Crippen LogP contribution is 2.42. The van der Waals surface area contributed by atoms with Crippen LogP contribution in [0.3, 0.4) is 0 Å². The van der Waals surface area contributed by atoms with Gasteiger partial charge < -0.3 is 19.7 Å². The Balaban J connectivity index is 1.89. The number of piperidine rings is 1. The zero-order valence-electron chi connectivity index (χ0n) is 20.2. The van der Waals surface area contributed by atoms with E-state index in [0.29, 0.717) is 28.6 Å². The van der Waals surface area contributed by atoms with Gasteiger partial charge in [0.1, 0.15) is 11.9 Å². The lowest BCUT2D eigenvalue weighted by molar-refractivity contribution is -0.122. The Morgan fingerprint density at radius 1 is 1.35 bits per heavy atom. The molecule has 186 valence electrons. The number of likely N-dealkylation sites (tertiary alicyclic amines) is 1. The fraction of sp³-hybridized carbons (Fsp3) is 0.583. The molecule has 2 heterocycles. The molecule has 1 saturated heterocycles. The molecule has 2 aromatic rings. The quantitative estimate of drug-likeness (QED) is 0.639. The molecule has 1 aliphatic rings. The molecule has 10 heteroatoms. The van der Waals surface area contributed by atoms with Crippen LogP contribution in [0.25, 0.3) is 10.9 Å². The van der Waals surface area contributed by atoms with E-state index in [1.807, 2.05) is 0 Å². The number of nitrogens with one attached hydrogen (secondary N) is 1. The first kappa shape index (κ1) is 25.6. The Morgan fingerprint density at radius 3 is 2.65 bits per heavy atom. The molecular weight excluding hydrogens is 446 g/mol. The van der Waals surface area contributed by atoms with E-state index < -0.39 is 36.0 Å². The SMILES string of the molecule is CNC(=O)C(CCC=O)c1nn(C)c2cc(C3CCN(C(=O)OC(C)(C)C)CC3(F)F)ccc12. The zero-order valence-corrected chi connectivity index (χ0v) is 20.2. The number of ether oxygens (including phenoxy) is 1. The number of aromatic nitrogens is 2. The van der Waals surface area contributed by atoms with Gasteiger partial charge in [-0.3, -0.25) is 9.48 Å². The van der Waals surface area contributed by atoms with Crippen LogP contribution in [0.15, 0.2) is 18.2 Å². The molecular formula is C24H32F2N4O4. The van der Waals surface area contributed by atoms with E-state index in [1.165, 1.54) is 7.05 Å². The topological polar surface area (TPSA) is 93.5 Å².